The molecule has 1 fully saturated rings. The maximum absolute atomic E-state index is 12.3. The summed E-state index contributed by atoms with van der Waals surface area (Å²) in [6.07, 6.45) is 1.61. The zero-order valence-corrected chi connectivity index (χ0v) is 14.6. The molecule has 1 aliphatic rings. The van der Waals surface area contributed by atoms with Crippen molar-refractivity contribution in [2.24, 2.45) is 0 Å². The largest absolute Gasteiger partial charge is 0.496 e. The monoisotopic (exact) mass is 349 g/mol. The minimum Gasteiger partial charge on any atom is -0.496 e. The molecule has 0 radical (unpaired) electrons. The average Bonchev–Trinajstić information content (AvgIpc) is 3.24. The topological polar surface area (TPSA) is 61.1 Å². The molecule has 0 aliphatic carbocycles. The Morgan fingerprint density at radius 3 is 2.50 bits per heavy atom. The van der Waals surface area contributed by atoms with Gasteiger partial charge in [-0.15, -0.1) is 11.8 Å². The van der Waals surface area contributed by atoms with Crippen molar-refractivity contribution >= 4 is 17.7 Å². The number of carbonyl (C=O) groups is 1. The lowest BCUT2D eigenvalue weighted by atomic mass is 10.1. The molecule has 3 rings (SSSR count). The van der Waals surface area contributed by atoms with E-state index in [0.29, 0.717) is 29.5 Å². The van der Waals surface area contributed by atoms with Gasteiger partial charge in [0.2, 0.25) is 5.91 Å². The van der Waals surface area contributed by atoms with Crippen molar-refractivity contribution in [3.05, 3.63) is 41.9 Å². The summed E-state index contributed by atoms with van der Waals surface area (Å²) in [4.78, 5) is 14.1. The molecule has 2 heterocycles. The molecule has 1 aromatic heterocycles. The Balaban J connectivity index is 1.98. The van der Waals surface area contributed by atoms with Crippen LogP contribution >= 0.6 is 11.8 Å². The van der Waals surface area contributed by atoms with Gasteiger partial charge in [0, 0.05) is 11.6 Å². The van der Waals surface area contributed by atoms with Crippen LogP contribution in [0.15, 0.2) is 34.9 Å². The zero-order valence-electron chi connectivity index (χ0n) is 13.8. The highest BCUT2D eigenvalue weighted by Crippen LogP contribution is 2.46. The van der Waals surface area contributed by atoms with E-state index in [1.54, 1.807) is 50.3 Å². The third-order valence-corrected chi connectivity index (χ3v) is 5.11. The van der Waals surface area contributed by atoms with Crippen LogP contribution in [0.1, 0.15) is 16.7 Å². The van der Waals surface area contributed by atoms with Gasteiger partial charge in [0.15, 0.2) is 11.5 Å². The van der Waals surface area contributed by atoms with Gasteiger partial charge >= 0.3 is 0 Å². The van der Waals surface area contributed by atoms with E-state index in [0.717, 1.165) is 11.3 Å². The number of hydrogen-bond donors (Lipinski definition) is 0. The van der Waals surface area contributed by atoms with Gasteiger partial charge in [-0.3, -0.25) is 4.79 Å². The quantitative estimate of drug-likeness (QED) is 0.799. The smallest absolute Gasteiger partial charge is 0.234 e. The summed E-state index contributed by atoms with van der Waals surface area (Å²) in [5.74, 6) is 3.08. The molecular formula is C17H19NO5S. The fourth-order valence-electron chi connectivity index (χ4n) is 2.70. The molecule has 1 unspecified atom stereocenters. The Labute approximate surface area is 144 Å². The number of carbonyl (C=O) groups excluding carboxylic acids is 1. The van der Waals surface area contributed by atoms with Crippen molar-refractivity contribution in [2.45, 2.75) is 11.9 Å². The number of rotatable bonds is 6. The molecule has 1 atom stereocenters. The first kappa shape index (κ1) is 16.6. The Bertz CT molecular complexity index is 716. The molecule has 7 heteroatoms. The predicted molar refractivity (Wildman–Crippen MR) is 90.6 cm³/mol. The number of methoxy groups -OCH3 is 3. The third kappa shape index (κ3) is 3.03. The Kier molecular flexibility index (Phi) is 4.89. The molecule has 1 amide bonds. The number of furan rings is 1. The molecule has 0 spiro atoms. The molecule has 2 aromatic rings. The maximum Gasteiger partial charge on any atom is 0.234 e. The van der Waals surface area contributed by atoms with Crippen LogP contribution in [0.2, 0.25) is 0 Å². The maximum atomic E-state index is 12.3. The van der Waals surface area contributed by atoms with E-state index in [1.807, 2.05) is 18.2 Å². The van der Waals surface area contributed by atoms with Gasteiger partial charge in [-0.2, -0.15) is 0 Å². The normalized spacial score (nSPS) is 17.2. The number of ether oxygens (including phenoxy) is 3. The van der Waals surface area contributed by atoms with Crippen LogP contribution in [-0.4, -0.2) is 37.9 Å². The zero-order chi connectivity index (χ0) is 17.1. The highest BCUT2D eigenvalue weighted by atomic mass is 32.2. The van der Waals surface area contributed by atoms with Gasteiger partial charge in [-0.25, -0.2) is 0 Å². The van der Waals surface area contributed by atoms with E-state index >= 15 is 0 Å². The van der Waals surface area contributed by atoms with Crippen molar-refractivity contribution < 1.29 is 23.4 Å². The Hall–Kier alpha value is -2.28. The Morgan fingerprint density at radius 2 is 1.88 bits per heavy atom. The van der Waals surface area contributed by atoms with Crippen LogP contribution in [0.25, 0.3) is 0 Å². The molecule has 0 N–H and O–H groups in total. The molecule has 1 aromatic carbocycles. The van der Waals surface area contributed by atoms with Gasteiger partial charge in [0.25, 0.3) is 0 Å². The van der Waals surface area contributed by atoms with Crippen molar-refractivity contribution in [3.8, 4) is 17.2 Å². The van der Waals surface area contributed by atoms with Crippen LogP contribution in [0, 0.1) is 0 Å². The lowest BCUT2D eigenvalue weighted by Gasteiger charge is -2.25. The first-order valence-corrected chi connectivity index (χ1v) is 8.46. The lowest BCUT2D eigenvalue weighted by molar-refractivity contribution is -0.128. The summed E-state index contributed by atoms with van der Waals surface area (Å²) >= 11 is 1.55. The van der Waals surface area contributed by atoms with Crippen LogP contribution in [0.3, 0.4) is 0 Å². The summed E-state index contributed by atoms with van der Waals surface area (Å²) in [5, 5.41) is -0.169. The average molecular weight is 349 g/mol. The van der Waals surface area contributed by atoms with E-state index in [9.17, 15) is 4.79 Å². The van der Waals surface area contributed by atoms with E-state index in [-0.39, 0.29) is 11.3 Å². The molecule has 24 heavy (non-hydrogen) atoms. The summed E-state index contributed by atoms with van der Waals surface area (Å²) in [6, 6.07) is 7.32. The van der Waals surface area contributed by atoms with Gasteiger partial charge < -0.3 is 23.5 Å². The molecule has 128 valence electrons. The van der Waals surface area contributed by atoms with Gasteiger partial charge in [-0.05, 0) is 18.2 Å². The highest BCUT2D eigenvalue weighted by Gasteiger charge is 2.35. The van der Waals surface area contributed by atoms with E-state index in [4.69, 9.17) is 18.6 Å². The standard InChI is InChI=1S/C17H19NO5S/c1-20-13-8-15(22-3)14(21-2)7-12(13)17-18(16(19)10-24-17)9-11-5-4-6-23-11/h4-8,17H,9-10H2,1-3H3. The minimum atomic E-state index is -0.169. The first-order valence-electron chi connectivity index (χ1n) is 7.41. The number of benzene rings is 1. The van der Waals surface area contributed by atoms with Crippen LogP contribution in [-0.2, 0) is 11.3 Å². The minimum absolute atomic E-state index is 0.0678. The molecule has 1 aliphatic heterocycles. The second kappa shape index (κ2) is 7.09. The predicted octanol–water partition coefficient (Wildman–Crippen LogP) is 3.08. The summed E-state index contributed by atoms with van der Waals surface area (Å²) in [7, 11) is 4.76. The number of hydrogen-bond acceptors (Lipinski definition) is 6. The SMILES string of the molecule is COc1cc(OC)c(C2SCC(=O)N2Cc2ccco2)cc1OC. The van der Waals surface area contributed by atoms with Gasteiger partial charge in [0.05, 0.1) is 39.9 Å². The van der Waals surface area contributed by atoms with E-state index in [2.05, 4.69) is 0 Å². The molecule has 0 saturated carbocycles. The second-order valence-corrected chi connectivity index (χ2v) is 6.28. The second-order valence-electron chi connectivity index (χ2n) is 5.21. The number of thioether (sulfide) groups is 1. The van der Waals surface area contributed by atoms with Crippen molar-refractivity contribution in [1.82, 2.24) is 4.90 Å². The van der Waals surface area contributed by atoms with Crippen LogP contribution in [0.5, 0.6) is 17.2 Å². The summed E-state index contributed by atoms with van der Waals surface area (Å²) < 4.78 is 21.6. The number of amides is 1. The molecular weight excluding hydrogens is 330 g/mol. The molecule has 6 nitrogen and oxygen atoms in total. The fourth-order valence-corrected chi connectivity index (χ4v) is 3.90. The Morgan fingerprint density at radius 1 is 1.17 bits per heavy atom. The third-order valence-electron chi connectivity index (χ3n) is 3.88. The van der Waals surface area contributed by atoms with Gasteiger partial charge in [0.1, 0.15) is 16.9 Å². The molecule has 0 bridgehead atoms. The van der Waals surface area contributed by atoms with Crippen molar-refractivity contribution in [2.75, 3.05) is 27.1 Å². The van der Waals surface area contributed by atoms with Gasteiger partial charge in [-0.1, -0.05) is 0 Å². The summed E-state index contributed by atoms with van der Waals surface area (Å²) in [5.41, 5.74) is 0.873. The first-order chi connectivity index (χ1) is 11.7. The number of nitrogens with zero attached hydrogens (tertiary/aromatic N) is 1. The fraction of sp³-hybridized carbons (Fsp3) is 0.353. The van der Waals surface area contributed by atoms with Crippen LogP contribution in [0.4, 0.5) is 0 Å². The summed E-state index contributed by atoms with van der Waals surface area (Å²) in [6.45, 7) is 0.418. The lowest BCUT2D eigenvalue weighted by Crippen LogP contribution is -2.27. The van der Waals surface area contributed by atoms with Crippen molar-refractivity contribution in [3.63, 3.8) is 0 Å². The van der Waals surface area contributed by atoms with Crippen LogP contribution < -0.4 is 14.2 Å². The molecule has 1 saturated heterocycles. The van der Waals surface area contributed by atoms with E-state index < -0.39 is 0 Å². The van der Waals surface area contributed by atoms with Crippen molar-refractivity contribution in [1.29, 1.82) is 0 Å². The van der Waals surface area contributed by atoms with E-state index in [1.165, 1.54) is 0 Å². The highest BCUT2D eigenvalue weighted by molar-refractivity contribution is 8.00.